The highest BCUT2D eigenvalue weighted by atomic mass is 16.1. The number of hydrogen-bond acceptors (Lipinski definition) is 4. The van der Waals surface area contributed by atoms with Crippen molar-refractivity contribution in [3.05, 3.63) is 72.4 Å². The largest absolute Gasteiger partial charge is 0.334 e. The minimum atomic E-state index is -1.45. The van der Waals surface area contributed by atoms with Crippen molar-refractivity contribution in [2.24, 2.45) is 7.05 Å². The molecular weight excluding hydrogens is 359 g/mol. The summed E-state index contributed by atoms with van der Waals surface area (Å²) in [7, 11) is 18.9. The molecule has 1 aromatic carbocycles. The molecule has 9 heteroatoms. The van der Waals surface area contributed by atoms with Crippen molar-refractivity contribution in [2.75, 3.05) is 5.32 Å². The number of nitrogens with one attached hydrogen (secondary N) is 1. The van der Waals surface area contributed by atoms with E-state index in [0.717, 1.165) is 22.2 Å². The molecule has 6 nitrogen and oxygen atoms in total. The van der Waals surface area contributed by atoms with Gasteiger partial charge in [-0.25, -0.2) is 9.97 Å². The van der Waals surface area contributed by atoms with E-state index in [9.17, 15) is 4.79 Å². The number of aromatic nitrogens is 4. The standard InChI is InChI=1S/C20H14B3N5O/c1-28-11-24-10-17(28)14-6-13-7-18(26-9-16(13)25-8-14)27-19(29)12-2-4-15(5-3-12)20(21,22)23/h2-11H,1H3,(H,26,27,29). The monoisotopic (exact) mass is 373 g/mol. The third kappa shape index (κ3) is 3.94. The summed E-state index contributed by atoms with van der Waals surface area (Å²) in [5.74, 6) is 0.108. The Bertz CT molecular complexity index is 1200. The quantitative estimate of drug-likeness (QED) is 0.555. The number of aryl methyl sites for hydroxylation is 1. The molecule has 0 saturated heterocycles. The van der Waals surface area contributed by atoms with Gasteiger partial charge in [0.1, 0.15) is 5.82 Å². The molecule has 3 aromatic heterocycles. The number of carbonyl (C=O) groups excluding carboxylic acids is 1. The number of hydrogen-bond donors (Lipinski definition) is 1. The summed E-state index contributed by atoms with van der Waals surface area (Å²) in [5, 5.41) is 2.18. The van der Waals surface area contributed by atoms with Crippen molar-refractivity contribution < 1.29 is 4.79 Å². The summed E-state index contributed by atoms with van der Waals surface area (Å²) >= 11 is 0. The van der Waals surface area contributed by atoms with Crippen molar-refractivity contribution in [3.8, 4) is 11.3 Å². The fourth-order valence-electron chi connectivity index (χ4n) is 2.97. The van der Waals surface area contributed by atoms with Crippen LogP contribution in [0, 0.1) is 0 Å². The third-order valence-electron chi connectivity index (χ3n) is 4.57. The molecule has 3 heterocycles. The predicted octanol–water partition coefficient (Wildman–Crippen LogP) is 1.90. The molecule has 0 saturated carbocycles. The third-order valence-corrected chi connectivity index (χ3v) is 4.57. The molecule has 0 aliphatic rings. The number of rotatable bonds is 4. The van der Waals surface area contributed by atoms with Gasteiger partial charge in [0.15, 0.2) is 0 Å². The van der Waals surface area contributed by atoms with Gasteiger partial charge in [-0.2, -0.15) is 0 Å². The first-order valence-electron chi connectivity index (χ1n) is 8.82. The van der Waals surface area contributed by atoms with Gasteiger partial charge in [0, 0.05) is 29.8 Å². The van der Waals surface area contributed by atoms with Crippen molar-refractivity contribution in [2.45, 2.75) is 5.11 Å². The fraction of sp³-hybridized carbons (Fsp3) is 0.100. The molecule has 1 amide bonds. The number of benzene rings is 1. The average molecular weight is 373 g/mol. The lowest BCUT2D eigenvalue weighted by atomic mass is 9.40. The van der Waals surface area contributed by atoms with Crippen molar-refractivity contribution >= 4 is 46.2 Å². The van der Waals surface area contributed by atoms with E-state index in [1.807, 2.05) is 17.7 Å². The van der Waals surface area contributed by atoms with Crippen LogP contribution in [0.3, 0.4) is 0 Å². The smallest absolute Gasteiger partial charge is 0.256 e. The maximum Gasteiger partial charge on any atom is 0.256 e. The second-order valence-electron chi connectivity index (χ2n) is 6.84. The highest BCUT2D eigenvalue weighted by Crippen LogP contribution is 2.23. The molecule has 0 spiro atoms. The molecule has 0 atom stereocenters. The normalized spacial score (nSPS) is 11.5. The molecule has 0 aliphatic heterocycles. The highest BCUT2D eigenvalue weighted by molar-refractivity contribution is 6.58. The Hall–Kier alpha value is -3.35. The van der Waals surface area contributed by atoms with Crippen LogP contribution in [0.2, 0.25) is 0 Å². The minimum absolute atomic E-state index is 0.309. The first-order valence-corrected chi connectivity index (χ1v) is 8.82. The van der Waals surface area contributed by atoms with Gasteiger partial charge in [0.25, 0.3) is 5.91 Å². The number of anilines is 1. The number of nitrogens with zero attached hydrogens (tertiary/aromatic N) is 4. The topological polar surface area (TPSA) is 72.7 Å². The first-order chi connectivity index (χ1) is 13.8. The van der Waals surface area contributed by atoms with Crippen LogP contribution in [0.4, 0.5) is 5.82 Å². The first kappa shape index (κ1) is 19.0. The maximum atomic E-state index is 12.5. The van der Waals surface area contributed by atoms with Crippen molar-refractivity contribution in [3.63, 3.8) is 0 Å². The van der Waals surface area contributed by atoms with Crippen LogP contribution in [0.25, 0.3) is 22.2 Å². The molecule has 0 unspecified atom stereocenters. The predicted molar refractivity (Wildman–Crippen MR) is 115 cm³/mol. The van der Waals surface area contributed by atoms with Gasteiger partial charge < -0.3 is 9.88 Å². The highest BCUT2D eigenvalue weighted by Gasteiger charge is 2.14. The zero-order valence-corrected chi connectivity index (χ0v) is 15.7. The Labute approximate surface area is 172 Å². The lowest BCUT2D eigenvalue weighted by molar-refractivity contribution is 0.102. The van der Waals surface area contributed by atoms with Gasteiger partial charge in [0.2, 0.25) is 0 Å². The summed E-state index contributed by atoms with van der Waals surface area (Å²) in [4.78, 5) is 25.4. The number of amides is 1. The number of imidazole rings is 1. The lowest BCUT2D eigenvalue weighted by Gasteiger charge is -2.20. The molecule has 4 aromatic rings. The summed E-state index contributed by atoms with van der Waals surface area (Å²) in [6.07, 6.45) is 6.89. The molecular formula is C20H14B3N5O. The van der Waals surface area contributed by atoms with Crippen LogP contribution < -0.4 is 5.32 Å². The van der Waals surface area contributed by atoms with E-state index in [1.54, 1.807) is 55.2 Å². The lowest BCUT2D eigenvalue weighted by Crippen LogP contribution is -2.27. The van der Waals surface area contributed by atoms with Crippen LogP contribution in [0.15, 0.2) is 61.3 Å². The van der Waals surface area contributed by atoms with Crippen molar-refractivity contribution in [1.82, 2.24) is 19.5 Å². The van der Waals surface area contributed by atoms with Gasteiger partial charge in [-0.05, 0) is 24.3 Å². The Morgan fingerprint density at radius 2 is 1.79 bits per heavy atom. The Morgan fingerprint density at radius 3 is 2.45 bits per heavy atom. The van der Waals surface area contributed by atoms with E-state index in [-0.39, 0.29) is 5.91 Å². The molecule has 0 aliphatic carbocycles. The summed E-state index contributed by atoms with van der Waals surface area (Å²) in [5.41, 5.74) is 3.54. The second-order valence-corrected chi connectivity index (χ2v) is 6.84. The van der Waals surface area contributed by atoms with Crippen LogP contribution >= 0.6 is 0 Å². The van der Waals surface area contributed by atoms with E-state index < -0.39 is 5.11 Å². The Balaban J connectivity index is 1.59. The summed E-state index contributed by atoms with van der Waals surface area (Å²) in [6, 6.07) is 10.2. The van der Waals surface area contributed by atoms with Crippen LogP contribution in [0.5, 0.6) is 0 Å². The van der Waals surface area contributed by atoms with Gasteiger partial charge >= 0.3 is 0 Å². The van der Waals surface area contributed by atoms with Gasteiger partial charge in [0.05, 0.1) is 53.5 Å². The molecule has 0 fully saturated rings. The fourth-order valence-corrected chi connectivity index (χ4v) is 2.97. The summed E-state index contributed by atoms with van der Waals surface area (Å²) in [6.45, 7) is 0. The maximum absolute atomic E-state index is 12.5. The van der Waals surface area contributed by atoms with Crippen LogP contribution in [0.1, 0.15) is 15.9 Å². The van der Waals surface area contributed by atoms with E-state index in [0.29, 0.717) is 16.9 Å². The van der Waals surface area contributed by atoms with Crippen LogP contribution in [-0.4, -0.2) is 49.0 Å². The van der Waals surface area contributed by atoms with Gasteiger partial charge in [-0.3, -0.25) is 9.78 Å². The number of carbonyl (C=O) groups is 1. The zero-order chi connectivity index (χ0) is 20.6. The molecule has 1 N–H and O–H groups in total. The molecule has 0 bridgehead atoms. The Morgan fingerprint density at radius 1 is 1.03 bits per heavy atom. The SMILES string of the molecule is [B]C([B])([B])c1ccc(C(=O)Nc2cc3cc(-c4cncn4C)cnc3cn2)cc1. The van der Waals surface area contributed by atoms with Gasteiger partial charge in [-0.15, -0.1) is 5.11 Å². The number of pyridine rings is 2. The molecule has 4 rings (SSSR count). The average Bonchev–Trinajstić information content (AvgIpc) is 3.13. The van der Waals surface area contributed by atoms with E-state index >= 15 is 0 Å². The van der Waals surface area contributed by atoms with Crippen LogP contribution in [-0.2, 0) is 12.2 Å². The zero-order valence-electron chi connectivity index (χ0n) is 15.7. The number of fused-ring (bicyclic) bond motifs is 1. The van der Waals surface area contributed by atoms with E-state index in [4.69, 9.17) is 23.5 Å². The Kier molecular flexibility index (Phi) is 4.74. The van der Waals surface area contributed by atoms with Crippen molar-refractivity contribution in [1.29, 1.82) is 0 Å². The summed E-state index contributed by atoms with van der Waals surface area (Å²) < 4.78 is 1.91. The molecule has 6 radical (unpaired) electrons. The van der Waals surface area contributed by atoms with E-state index in [2.05, 4.69) is 20.3 Å². The molecule has 29 heavy (non-hydrogen) atoms. The minimum Gasteiger partial charge on any atom is -0.334 e. The molecule has 134 valence electrons. The second kappa shape index (κ2) is 7.24. The van der Waals surface area contributed by atoms with Gasteiger partial charge in [-0.1, -0.05) is 17.7 Å². The van der Waals surface area contributed by atoms with E-state index in [1.165, 1.54) is 0 Å².